The number of pyridine rings is 1. The van der Waals surface area contributed by atoms with E-state index in [0.29, 0.717) is 22.7 Å². The maximum absolute atomic E-state index is 13.3. The van der Waals surface area contributed by atoms with E-state index in [2.05, 4.69) is 10.3 Å². The van der Waals surface area contributed by atoms with Crippen LogP contribution in [-0.4, -0.2) is 42.5 Å². The Hall–Kier alpha value is -1.43. The lowest BCUT2D eigenvalue weighted by molar-refractivity contribution is 0.0686. The van der Waals surface area contributed by atoms with Gasteiger partial charge in [-0.1, -0.05) is 0 Å². The molecule has 2 heterocycles. The molecule has 1 aliphatic heterocycles. The van der Waals surface area contributed by atoms with Gasteiger partial charge in [-0.25, -0.2) is 4.39 Å². The highest BCUT2D eigenvalue weighted by Gasteiger charge is 2.24. The summed E-state index contributed by atoms with van der Waals surface area (Å²) < 4.78 is 13.3. The minimum absolute atomic E-state index is 0. The van der Waals surface area contributed by atoms with Gasteiger partial charge in [0.25, 0.3) is 5.91 Å². The molecule has 0 spiro atoms. The van der Waals surface area contributed by atoms with Crippen molar-refractivity contribution >= 4 is 41.6 Å². The van der Waals surface area contributed by atoms with Gasteiger partial charge in [-0.2, -0.15) is 0 Å². The number of benzene rings is 1. The summed E-state index contributed by atoms with van der Waals surface area (Å²) in [5.41, 5.74) is 1.88. The summed E-state index contributed by atoms with van der Waals surface area (Å²) in [4.78, 5) is 19.2. The predicted molar refractivity (Wildman–Crippen MR) is 108 cm³/mol. The van der Waals surface area contributed by atoms with Crippen LogP contribution in [-0.2, 0) is 0 Å². The van der Waals surface area contributed by atoms with Crippen LogP contribution in [0.4, 0.5) is 4.39 Å². The van der Waals surface area contributed by atoms with Crippen molar-refractivity contribution in [3.8, 4) is 0 Å². The molecule has 26 heavy (non-hydrogen) atoms. The van der Waals surface area contributed by atoms with Gasteiger partial charge < -0.3 is 10.2 Å². The van der Waals surface area contributed by atoms with Crippen LogP contribution in [0, 0.1) is 18.7 Å². The number of carbonyl (C=O) groups excluding carboxylic acids is 1. The van der Waals surface area contributed by atoms with Crippen molar-refractivity contribution in [3.63, 3.8) is 0 Å². The number of rotatable bonds is 4. The van der Waals surface area contributed by atoms with Crippen LogP contribution in [0.25, 0.3) is 10.9 Å². The van der Waals surface area contributed by atoms with E-state index in [1.807, 2.05) is 24.9 Å². The highest BCUT2D eigenvalue weighted by Crippen LogP contribution is 2.24. The van der Waals surface area contributed by atoms with E-state index in [0.717, 1.165) is 37.9 Å². The predicted octanol–water partition coefficient (Wildman–Crippen LogP) is 3.99. The quantitative estimate of drug-likeness (QED) is 0.841. The molecule has 3 rings (SSSR count). The number of piperidine rings is 1. The van der Waals surface area contributed by atoms with E-state index in [1.54, 1.807) is 6.07 Å². The highest BCUT2D eigenvalue weighted by molar-refractivity contribution is 5.98. The lowest BCUT2D eigenvalue weighted by Crippen LogP contribution is -2.39. The monoisotopic (exact) mass is 401 g/mol. The van der Waals surface area contributed by atoms with E-state index in [9.17, 15) is 9.18 Å². The first kappa shape index (κ1) is 22.6. The smallest absolute Gasteiger partial charge is 0.255 e. The fourth-order valence-electron chi connectivity index (χ4n) is 3.40. The summed E-state index contributed by atoms with van der Waals surface area (Å²) in [6.07, 6.45) is 3.28. The number of carbonyl (C=O) groups is 1. The summed E-state index contributed by atoms with van der Waals surface area (Å²) >= 11 is 0. The molecule has 0 aliphatic carbocycles. The van der Waals surface area contributed by atoms with E-state index in [1.165, 1.54) is 18.6 Å². The van der Waals surface area contributed by atoms with E-state index < -0.39 is 0 Å². The SMILES string of the molecule is CNCCC1CCN(C(=O)c2cc3ccc(F)cc3nc2C)CC1.Cl.Cl. The van der Waals surface area contributed by atoms with Gasteiger partial charge >= 0.3 is 0 Å². The summed E-state index contributed by atoms with van der Waals surface area (Å²) in [5, 5.41) is 3.99. The third-order valence-electron chi connectivity index (χ3n) is 4.91. The summed E-state index contributed by atoms with van der Waals surface area (Å²) in [6, 6.07) is 6.33. The van der Waals surface area contributed by atoms with E-state index in [-0.39, 0.29) is 36.5 Å². The Bertz CT molecular complexity index is 749. The first-order chi connectivity index (χ1) is 11.6. The third kappa shape index (κ3) is 5.06. The Labute approximate surface area is 166 Å². The van der Waals surface area contributed by atoms with Gasteiger partial charge in [0.2, 0.25) is 0 Å². The highest BCUT2D eigenvalue weighted by atomic mass is 35.5. The van der Waals surface area contributed by atoms with Crippen LogP contribution >= 0.6 is 24.8 Å². The van der Waals surface area contributed by atoms with Crippen molar-refractivity contribution in [2.24, 2.45) is 5.92 Å². The second-order valence-electron chi connectivity index (χ2n) is 6.59. The molecule has 2 aromatic rings. The molecule has 1 fully saturated rings. The lowest BCUT2D eigenvalue weighted by Gasteiger charge is -2.32. The molecule has 1 aliphatic rings. The Morgan fingerprint density at radius 2 is 1.96 bits per heavy atom. The van der Waals surface area contributed by atoms with Crippen LogP contribution in [0.15, 0.2) is 24.3 Å². The first-order valence-electron chi connectivity index (χ1n) is 8.59. The maximum Gasteiger partial charge on any atom is 0.255 e. The Balaban J connectivity index is 0.00000169. The largest absolute Gasteiger partial charge is 0.339 e. The van der Waals surface area contributed by atoms with Crippen molar-refractivity contribution in [1.29, 1.82) is 0 Å². The number of likely N-dealkylation sites (tertiary alicyclic amines) is 1. The lowest BCUT2D eigenvalue weighted by atomic mass is 9.93. The number of halogens is 3. The molecule has 0 bridgehead atoms. The minimum Gasteiger partial charge on any atom is -0.339 e. The number of fused-ring (bicyclic) bond motifs is 1. The molecule has 1 N–H and O–H groups in total. The van der Waals surface area contributed by atoms with E-state index >= 15 is 0 Å². The Morgan fingerprint density at radius 3 is 2.62 bits per heavy atom. The molecule has 7 heteroatoms. The molecule has 144 valence electrons. The number of aryl methyl sites for hydroxylation is 1. The molecule has 0 saturated carbocycles. The number of nitrogens with one attached hydrogen (secondary N) is 1. The van der Waals surface area contributed by atoms with Crippen LogP contribution < -0.4 is 5.32 Å². The molecular weight excluding hydrogens is 376 g/mol. The number of nitrogens with zero attached hydrogens (tertiary/aromatic N) is 2. The molecule has 1 amide bonds. The zero-order chi connectivity index (χ0) is 17.1. The van der Waals surface area contributed by atoms with Gasteiger partial charge in [0, 0.05) is 24.5 Å². The normalized spacial score (nSPS) is 14.7. The number of amides is 1. The zero-order valence-corrected chi connectivity index (χ0v) is 16.8. The van der Waals surface area contributed by atoms with Crippen LogP contribution in [0.5, 0.6) is 0 Å². The second-order valence-corrected chi connectivity index (χ2v) is 6.59. The van der Waals surface area contributed by atoms with Gasteiger partial charge in [-0.15, -0.1) is 24.8 Å². The van der Waals surface area contributed by atoms with Crippen molar-refractivity contribution in [2.75, 3.05) is 26.7 Å². The molecule has 0 atom stereocenters. The first-order valence-corrected chi connectivity index (χ1v) is 8.59. The average Bonchev–Trinajstić information content (AvgIpc) is 2.59. The Kier molecular flexibility index (Phi) is 8.74. The molecule has 0 unspecified atom stereocenters. The van der Waals surface area contributed by atoms with Crippen molar-refractivity contribution < 1.29 is 9.18 Å². The van der Waals surface area contributed by atoms with Gasteiger partial charge in [-0.05, 0) is 63.9 Å². The molecule has 1 aromatic heterocycles. The molecular formula is C19H26Cl2FN3O. The summed E-state index contributed by atoms with van der Waals surface area (Å²) in [6.45, 7) is 4.45. The third-order valence-corrected chi connectivity index (χ3v) is 4.91. The Morgan fingerprint density at radius 1 is 1.27 bits per heavy atom. The summed E-state index contributed by atoms with van der Waals surface area (Å²) in [5.74, 6) is 0.427. The number of hydrogen-bond donors (Lipinski definition) is 1. The second kappa shape index (κ2) is 10.0. The zero-order valence-electron chi connectivity index (χ0n) is 15.1. The summed E-state index contributed by atoms with van der Waals surface area (Å²) in [7, 11) is 1.97. The van der Waals surface area contributed by atoms with Gasteiger partial charge in [0.1, 0.15) is 5.82 Å². The fraction of sp³-hybridized carbons (Fsp3) is 0.474. The van der Waals surface area contributed by atoms with Crippen molar-refractivity contribution in [1.82, 2.24) is 15.2 Å². The van der Waals surface area contributed by atoms with Crippen LogP contribution in [0.1, 0.15) is 35.3 Å². The van der Waals surface area contributed by atoms with Crippen LogP contribution in [0.2, 0.25) is 0 Å². The minimum atomic E-state index is -0.308. The number of aromatic nitrogens is 1. The van der Waals surface area contributed by atoms with Crippen molar-refractivity contribution in [2.45, 2.75) is 26.2 Å². The van der Waals surface area contributed by atoms with Gasteiger partial charge in [0.15, 0.2) is 0 Å². The molecule has 0 radical (unpaired) electrons. The van der Waals surface area contributed by atoms with Gasteiger partial charge in [-0.3, -0.25) is 9.78 Å². The van der Waals surface area contributed by atoms with Gasteiger partial charge in [0.05, 0.1) is 16.8 Å². The molecule has 4 nitrogen and oxygen atoms in total. The van der Waals surface area contributed by atoms with E-state index in [4.69, 9.17) is 0 Å². The average molecular weight is 402 g/mol. The number of hydrogen-bond acceptors (Lipinski definition) is 3. The maximum atomic E-state index is 13.3. The standard InChI is InChI=1S/C19H24FN3O.2ClH/c1-13-17(11-15-3-4-16(20)12-18(15)22-13)19(24)23-9-6-14(7-10-23)5-8-21-2;;/h3-4,11-12,14,21H,5-10H2,1-2H3;2*1H. The fourth-order valence-corrected chi connectivity index (χ4v) is 3.40. The van der Waals surface area contributed by atoms with Crippen LogP contribution in [0.3, 0.4) is 0 Å². The van der Waals surface area contributed by atoms with Crippen molar-refractivity contribution in [3.05, 3.63) is 41.3 Å². The molecule has 1 aromatic carbocycles. The topological polar surface area (TPSA) is 45.2 Å². The molecule has 1 saturated heterocycles.